The minimum Gasteiger partial charge on any atom is -0.447 e. The summed E-state index contributed by atoms with van der Waals surface area (Å²) >= 11 is 3.04. The molecule has 0 aromatic carbocycles. The van der Waals surface area contributed by atoms with Crippen LogP contribution in [-0.4, -0.2) is 11.0 Å². The average Bonchev–Trinajstić information content (AvgIpc) is 2.50. The van der Waals surface area contributed by atoms with Crippen molar-refractivity contribution in [1.29, 1.82) is 0 Å². The highest BCUT2D eigenvalue weighted by Gasteiger charge is 2.20. The molecule has 1 aromatic rings. The number of hydrogen-bond donors (Lipinski definition) is 1. The van der Waals surface area contributed by atoms with Crippen molar-refractivity contribution in [3.05, 3.63) is 17.8 Å². The summed E-state index contributed by atoms with van der Waals surface area (Å²) < 4.78 is 9.22. The third-order valence-corrected chi connectivity index (χ3v) is 1.78. The molecule has 0 aliphatic carbocycles. The number of alkyl halides is 1. The smallest absolute Gasteiger partial charge is 0.362 e. The van der Waals surface area contributed by atoms with Crippen molar-refractivity contribution in [2.75, 3.05) is 0 Å². The van der Waals surface area contributed by atoms with E-state index in [2.05, 4.69) is 25.4 Å². The molecule has 2 N–H and O–H groups in total. The van der Waals surface area contributed by atoms with Crippen molar-refractivity contribution < 1.29 is 13.7 Å². The standard InChI is InChI=1S/C5H6BrN2O3P/c6-4(7)3-2(5(9)11-12)8-1-10-3/h1,4H,7,12H2. The molecule has 0 aliphatic rings. The van der Waals surface area contributed by atoms with Crippen LogP contribution in [0.4, 0.5) is 0 Å². The van der Waals surface area contributed by atoms with Crippen molar-refractivity contribution >= 4 is 31.4 Å². The van der Waals surface area contributed by atoms with Gasteiger partial charge < -0.3 is 14.7 Å². The van der Waals surface area contributed by atoms with Crippen molar-refractivity contribution in [2.24, 2.45) is 5.73 Å². The van der Waals surface area contributed by atoms with E-state index in [4.69, 9.17) is 10.2 Å². The van der Waals surface area contributed by atoms with Gasteiger partial charge in [0.2, 0.25) is 0 Å². The maximum Gasteiger partial charge on any atom is 0.362 e. The van der Waals surface area contributed by atoms with Gasteiger partial charge in [0.1, 0.15) is 4.95 Å². The fourth-order valence-electron chi connectivity index (χ4n) is 0.660. The Balaban J connectivity index is 2.99. The summed E-state index contributed by atoms with van der Waals surface area (Å²) in [6.45, 7) is 0. The predicted octanol–water partition coefficient (Wildman–Crippen LogP) is 0.974. The van der Waals surface area contributed by atoms with Crippen LogP contribution in [0, 0.1) is 0 Å². The van der Waals surface area contributed by atoms with E-state index in [1.54, 1.807) is 0 Å². The SMILES string of the molecule is NC(Br)c1ocnc1C(=O)OP. The molecule has 0 bridgehead atoms. The van der Waals surface area contributed by atoms with Crippen LogP contribution in [0.1, 0.15) is 21.2 Å². The first-order valence-corrected chi connectivity index (χ1v) is 4.29. The molecule has 1 rings (SSSR count). The summed E-state index contributed by atoms with van der Waals surface area (Å²) in [5, 5.41) is 0. The zero-order valence-electron chi connectivity index (χ0n) is 5.86. The minimum atomic E-state index is -0.598. The van der Waals surface area contributed by atoms with Crippen LogP contribution < -0.4 is 5.73 Å². The number of oxazole rings is 1. The number of hydrogen-bond acceptors (Lipinski definition) is 5. The number of rotatable bonds is 2. The second-order valence-electron chi connectivity index (χ2n) is 1.87. The molecule has 7 heteroatoms. The largest absolute Gasteiger partial charge is 0.447 e. The molecule has 5 nitrogen and oxygen atoms in total. The number of nitrogens with zero attached hydrogens (tertiary/aromatic N) is 1. The van der Waals surface area contributed by atoms with Crippen molar-refractivity contribution in [1.82, 2.24) is 4.98 Å². The van der Waals surface area contributed by atoms with E-state index in [1.807, 2.05) is 9.47 Å². The van der Waals surface area contributed by atoms with E-state index in [0.29, 0.717) is 0 Å². The molecule has 2 unspecified atom stereocenters. The summed E-state index contributed by atoms with van der Waals surface area (Å²) in [5.74, 6) is -0.346. The van der Waals surface area contributed by atoms with Gasteiger partial charge in [-0.2, -0.15) is 0 Å². The quantitative estimate of drug-likeness (QED) is 0.482. The normalized spacial score (nSPS) is 12.6. The Morgan fingerprint density at radius 1 is 1.92 bits per heavy atom. The van der Waals surface area contributed by atoms with Crippen LogP contribution in [-0.2, 0) is 4.52 Å². The lowest BCUT2D eigenvalue weighted by Gasteiger charge is -1.99. The molecule has 66 valence electrons. The summed E-state index contributed by atoms with van der Waals surface area (Å²) in [5.41, 5.74) is 5.50. The maximum atomic E-state index is 11.0. The van der Waals surface area contributed by atoms with Gasteiger partial charge in [-0.3, -0.25) is 0 Å². The summed E-state index contributed by atoms with van der Waals surface area (Å²) in [6, 6.07) is 0. The van der Waals surface area contributed by atoms with Crippen LogP contribution in [0.25, 0.3) is 0 Å². The first-order chi connectivity index (χ1) is 5.66. The zero-order valence-corrected chi connectivity index (χ0v) is 8.60. The maximum absolute atomic E-state index is 11.0. The first kappa shape index (κ1) is 9.64. The summed E-state index contributed by atoms with van der Waals surface area (Å²) in [6.07, 6.45) is 1.13. The van der Waals surface area contributed by atoms with Gasteiger partial charge in [0.15, 0.2) is 17.8 Å². The van der Waals surface area contributed by atoms with Gasteiger partial charge in [-0.15, -0.1) is 0 Å². The van der Waals surface area contributed by atoms with E-state index < -0.39 is 10.9 Å². The van der Waals surface area contributed by atoms with Crippen LogP contribution in [0.3, 0.4) is 0 Å². The highest BCUT2D eigenvalue weighted by molar-refractivity contribution is 9.09. The Kier molecular flexibility index (Phi) is 3.20. The lowest BCUT2D eigenvalue weighted by molar-refractivity contribution is 0.0758. The topological polar surface area (TPSA) is 78.4 Å². The fourth-order valence-corrected chi connectivity index (χ4v) is 1.10. The van der Waals surface area contributed by atoms with Crippen LogP contribution in [0.5, 0.6) is 0 Å². The van der Waals surface area contributed by atoms with Gasteiger partial charge in [-0.05, 0) is 0 Å². The Morgan fingerprint density at radius 3 is 3.08 bits per heavy atom. The van der Waals surface area contributed by atoms with Crippen LogP contribution >= 0.6 is 25.4 Å². The van der Waals surface area contributed by atoms with Gasteiger partial charge in [0, 0.05) is 0 Å². The Morgan fingerprint density at radius 2 is 2.58 bits per heavy atom. The molecule has 0 fully saturated rings. The molecule has 12 heavy (non-hydrogen) atoms. The van der Waals surface area contributed by atoms with Crippen LogP contribution in [0.2, 0.25) is 0 Å². The molecule has 0 amide bonds. The van der Waals surface area contributed by atoms with E-state index in [1.165, 1.54) is 0 Å². The van der Waals surface area contributed by atoms with E-state index >= 15 is 0 Å². The molecule has 1 heterocycles. The third kappa shape index (κ3) is 1.83. The predicted molar refractivity (Wildman–Crippen MR) is 47.5 cm³/mol. The number of carbonyl (C=O) groups is 1. The molecular weight excluding hydrogens is 247 g/mol. The summed E-state index contributed by atoms with van der Waals surface area (Å²) in [4.78, 5) is 14.0. The highest BCUT2D eigenvalue weighted by Crippen LogP contribution is 2.20. The van der Waals surface area contributed by atoms with Gasteiger partial charge >= 0.3 is 5.97 Å². The van der Waals surface area contributed by atoms with Crippen molar-refractivity contribution in [3.8, 4) is 0 Å². The molecule has 0 saturated heterocycles. The van der Waals surface area contributed by atoms with Crippen molar-refractivity contribution in [2.45, 2.75) is 4.95 Å². The van der Waals surface area contributed by atoms with Gasteiger partial charge in [-0.25, -0.2) is 9.78 Å². The van der Waals surface area contributed by atoms with E-state index in [0.717, 1.165) is 6.39 Å². The van der Waals surface area contributed by atoms with Gasteiger partial charge in [0.25, 0.3) is 0 Å². The number of carbonyl (C=O) groups excluding carboxylic acids is 1. The molecule has 0 spiro atoms. The molecule has 1 aromatic heterocycles. The average molecular weight is 253 g/mol. The molecule has 2 atom stereocenters. The first-order valence-electron chi connectivity index (χ1n) is 2.91. The lowest BCUT2D eigenvalue weighted by atomic mass is 10.3. The Hall–Kier alpha value is -0.450. The molecule has 0 aliphatic heterocycles. The lowest BCUT2D eigenvalue weighted by Crippen LogP contribution is -2.08. The van der Waals surface area contributed by atoms with Gasteiger partial charge in [0.05, 0.1) is 9.47 Å². The Bertz CT molecular complexity index is 288. The monoisotopic (exact) mass is 252 g/mol. The fraction of sp³-hybridized carbons (Fsp3) is 0.200. The van der Waals surface area contributed by atoms with Crippen LogP contribution in [0.15, 0.2) is 10.8 Å². The van der Waals surface area contributed by atoms with E-state index in [9.17, 15) is 4.79 Å². The highest BCUT2D eigenvalue weighted by atomic mass is 79.9. The number of nitrogens with two attached hydrogens (primary N) is 1. The third-order valence-electron chi connectivity index (χ3n) is 1.15. The summed E-state index contributed by atoms with van der Waals surface area (Å²) in [7, 11) is 1.83. The molecule has 0 saturated carbocycles. The zero-order chi connectivity index (χ0) is 9.14. The number of halogens is 1. The number of aromatic nitrogens is 1. The molecular formula is C5H6BrN2O3P. The van der Waals surface area contributed by atoms with Crippen molar-refractivity contribution in [3.63, 3.8) is 0 Å². The van der Waals surface area contributed by atoms with E-state index in [-0.39, 0.29) is 11.5 Å². The Labute approximate surface area is 79.1 Å². The second kappa shape index (κ2) is 3.98. The molecule has 0 radical (unpaired) electrons. The minimum absolute atomic E-state index is 0.0781. The second-order valence-corrected chi connectivity index (χ2v) is 3.09. The van der Waals surface area contributed by atoms with Gasteiger partial charge in [-0.1, -0.05) is 15.9 Å².